The minimum absolute atomic E-state index is 0.263. The van der Waals surface area contributed by atoms with E-state index in [9.17, 15) is 0 Å². The van der Waals surface area contributed by atoms with Gasteiger partial charge in [-0.3, -0.25) is 0 Å². The maximum atomic E-state index is 5.89. The average Bonchev–Trinajstić information content (AvgIpc) is 3.17. The molecular weight excluding hydrogens is 292 g/mol. The number of hydrogen-bond acceptors (Lipinski definition) is 5. The fourth-order valence-electron chi connectivity index (χ4n) is 2.66. The van der Waals surface area contributed by atoms with Gasteiger partial charge in [-0.1, -0.05) is 11.3 Å². The summed E-state index contributed by atoms with van der Waals surface area (Å²) in [5.74, 6) is 1.22. The van der Waals surface area contributed by atoms with Crippen LogP contribution in [0.4, 0.5) is 0 Å². The number of ether oxygens (including phenoxy) is 1. The van der Waals surface area contributed by atoms with Gasteiger partial charge in [-0.2, -0.15) is 0 Å². The molecule has 2 heterocycles. The molecule has 2 aromatic carbocycles. The molecule has 4 aromatic rings. The number of nitrogens with zero attached hydrogens (tertiary/aromatic N) is 4. The van der Waals surface area contributed by atoms with Crippen LogP contribution in [0.3, 0.4) is 0 Å². The van der Waals surface area contributed by atoms with Crippen LogP contribution in [0.15, 0.2) is 40.8 Å². The van der Waals surface area contributed by atoms with Crippen molar-refractivity contribution in [3.05, 3.63) is 36.4 Å². The van der Waals surface area contributed by atoms with Crippen molar-refractivity contribution < 1.29 is 9.15 Å². The molecular formula is C17H16N4O2. The SMILES string of the molecule is COc1cccc2nc(-c3ccc4c(c3)nnn4C(C)C)oc12. The molecule has 2 aromatic heterocycles. The van der Waals surface area contributed by atoms with Gasteiger partial charge in [0.2, 0.25) is 5.89 Å². The van der Waals surface area contributed by atoms with Gasteiger partial charge in [0, 0.05) is 11.6 Å². The van der Waals surface area contributed by atoms with E-state index in [1.807, 2.05) is 41.1 Å². The van der Waals surface area contributed by atoms with Crippen LogP contribution in [0.2, 0.25) is 0 Å². The van der Waals surface area contributed by atoms with E-state index in [4.69, 9.17) is 9.15 Å². The molecule has 0 N–H and O–H groups in total. The van der Waals surface area contributed by atoms with Gasteiger partial charge in [-0.15, -0.1) is 5.10 Å². The zero-order valence-corrected chi connectivity index (χ0v) is 13.1. The normalized spacial score (nSPS) is 11.7. The largest absolute Gasteiger partial charge is 0.493 e. The molecule has 4 rings (SSSR count). The van der Waals surface area contributed by atoms with Gasteiger partial charge < -0.3 is 9.15 Å². The summed E-state index contributed by atoms with van der Waals surface area (Å²) in [5.41, 5.74) is 4.11. The Labute approximate surface area is 132 Å². The summed E-state index contributed by atoms with van der Waals surface area (Å²) in [5, 5.41) is 8.43. The van der Waals surface area contributed by atoms with Crippen molar-refractivity contribution in [1.82, 2.24) is 20.0 Å². The summed E-state index contributed by atoms with van der Waals surface area (Å²) in [6, 6.07) is 11.8. The van der Waals surface area contributed by atoms with Gasteiger partial charge in [0.15, 0.2) is 11.3 Å². The second kappa shape index (κ2) is 5.08. The van der Waals surface area contributed by atoms with Crippen LogP contribution in [0.5, 0.6) is 5.75 Å². The second-order valence-electron chi connectivity index (χ2n) is 5.66. The zero-order valence-electron chi connectivity index (χ0n) is 13.1. The number of fused-ring (bicyclic) bond motifs is 2. The molecule has 0 amide bonds. The Bertz CT molecular complexity index is 1000. The standard InChI is InChI=1S/C17H16N4O2/c1-10(2)21-14-8-7-11(9-13(14)19-20-21)17-18-12-5-4-6-15(22-3)16(12)23-17/h4-10H,1-3H3. The number of aromatic nitrogens is 4. The van der Waals surface area contributed by atoms with Crippen LogP contribution in [-0.2, 0) is 0 Å². The van der Waals surface area contributed by atoms with Gasteiger partial charge >= 0.3 is 0 Å². The monoisotopic (exact) mass is 308 g/mol. The third-order valence-corrected chi connectivity index (χ3v) is 3.81. The number of oxazole rings is 1. The molecule has 0 atom stereocenters. The first-order valence-electron chi connectivity index (χ1n) is 7.46. The summed E-state index contributed by atoms with van der Waals surface area (Å²) in [6.07, 6.45) is 0. The Morgan fingerprint density at radius 1 is 1.13 bits per heavy atom. The maximum Gasteiger partial charge on any atom is 0.227 e. The topological polar surface area (TPSA) is 66.0 Å². The molecule has 0 aliphatic carbocycles. The van der Waals surface area contributed by atoms with E-state index in [2.05, 4.69) is 29.1 Å². The Morgan fingerprint density at radius 3 is 2.78 bits per heavy atom. The summed E-state index contributed by atoms with van der Waals surface area (Å²) >= 11 is 0. The third-order valence-electron chi connectivity index (χ3n) is 3.81. The Kier molecular flexibility index (Phi) is 3.04. The highest BCUT2D eigenvalue weighted by Crippen LogP contribution is 2.31. The average molecular weight is 308 g/mol. The number of benzene rings is 2. The van der Waals surface area contributed by atoms with Crippen molar-refractivity contribution in [2.75, 3.05) is 7.11 Å². The zero-order chi connectivity index (χ0) is 16.0. The Hall–Kier alpha value is -2.89. The molecule has 0 saturated heterocycles. The summed E-state index contributed by atoms with van der Waals surface area (Å²) in [6.45, 7) is 4.16. The fourth-order valence-corrected chi connectivity index (χ4v) is 2.66. The molecule has 0 bridgehead atoms. The summed E-state index contributed by atoms with van der Waals surface area (Å²) < 4.78 is 13.1. The van der Waals surface area contributed by atoms with Crippen molar-refractivity contribution in [3.63, 3.8) is 0 Å². The van der Waals surface area contributed by atoms with Crippen molar-refractivity contribution in [2.24, 2.45) is 0 Å². The van der Waals surface area contributed by atoms with Crippen LogP contribution >= 0.6 is 0 Å². The minimum atomic E-state index is 0.263. The molecule has 0 fully saturated rings. The van der Waals surface area contributed by atoms with E-state index in [-0.39, 0.29) is 6.04 Å². The molecule has 0 spiro atoms. The molecule has 23 heavy (non-hydrogen) atoms. The van der Waals surface area contributed by atoms with Crippen LogP contribution < -0.4 is 4.74 Å². The Balaban J connectivity index is 1.85. The molecule has 0 radical (unpaired) electrons. The lowest BCUT2D eigenvalue weighted by Crippen LogP contribution is -2.02. The van der Waals surface area contributed by atoms with E-state index in [1.54, 1.807) is 7.11 Å². The van der Waals surface area contributed by atoms with Gasteiger partial charge in [0.25, 0.3) is 0 Å². The van der Waals surface area contributed by atoms with Gasteiger partial charge in [-0.25, -0.2) is 9.67 Å². The number of methoxy groups -OCH3 is 1. The van der Waals surface area contributed by atoms with Crippen molar-refractivity contribution >= 4 is 22.1 Å². The third kappa shape index (κ3) is 2.14. The molecule has 0 aliphatic rings. The minimum Gasteiger partial charge on any atom is -0.493 e. The van der Waals surface area contributed by atoms with Crippen molar-refractivity contribution in [2.45, 2.75) is 19.9 Å². The number of rotatable bonds is 3. The van der Waals surface area contributed by atoms with Crippen LogP contribution in [0, 0.1) is 0 Å². The first kappa shape index (κ1) is 13.8. The Morgan fingerprint density at radius 2 is 2.00 bits per heavy atom. The number of para-hydroxylation sites is 1. The van der Waals surface area contributed by atoms with Crippen LogP contribution in [0.25, 0.3) is 33.6 Å². The molecule has 0 aliphatic heterocycles. The quantitative estimate of drug-likeness (QED) is 0.575. The first-order chi connectivity index (χ1) is 11.2. The van der Waals surface area contributed by atoms with E-state index in [0.717, 1.165) is 22.1 Å². The molecule has 0 saturated carbocycles. The summed E-state index contributed by atoms with van der Waals surface area (Å²) in [7, 11) is 1.62. The highest BCUT2D eigenvalue weighted by Gasteiger charge is 2.14. The highest BCUT2D eigenvalue weighted by atomic mass is 16.5. The van der Waals surface area contributed by atoms with Gasteiger partial charge in [-0.05, 0) is 44.2 Å². The van der Waals surface area contributed by atoms with E-state index in [1.165, 1.54) is 0 Å². The van der Waals surface area contributed by atoms with Gasteiger partial charge in [0.05, 0.1) is 12.6 Å². The molecule has 116 valence electrons. The molecule has 6 nitrogen and oxygen atoms in total. The van der Waals surface area contributed by atoms with Crippen molar-refractivity contribution in [3.8, 4) is 17.2 Å². The van der Waals surface area contributed by atoms with Gasteiger partial charge in [0.1, 0.15) is 11.0 Å². The smallest absolute Gasteiger partial charge is 0.227 e. The summed E-state index contributed by atoms with van der Waals surface area (Å²) in [4.78, 5) is 4.54. The highest BCUT2D eigenvalue weighted by molar-refractivity contribution is 5.84. The van der Waals surface area contributed by atoms with Crippen LogP contribution in [-0.4, -0.2) is 27.1 Å². The molecule has 0 unspecified atom stereocenters. The van der Waals surface area contributed by atoms with Crippen molar-refractivity contribution in [1.29, 1.82) is 0 Å². The molecule has 6 heteroatoms. The van der Waals surface area contributed by atoms with E-state index >= 15 is 0 Å². The predicted molar refractivity (Wildman–Crippen MR) is 87.5 cm³/mol. The first-order valence-corrected chi connectivity index (χ1v) is 7.46. The maximum absolute atomic E-state index is 5.89. The lowest BCUT2D eigenvalue weighted by Gasteiger charge is -2.05. The van der Waals surface area contributed by atoms with E-state index < -0.39 is 0 Å². The van der Waals surface area contributed by atoms with Crippen LogP contribution in [0.1, 0.15) is 19.9 Å². The van der Waals surface area contributed by atoms with E-state index in [0.29, 0.717) is 17.2 Å². The number of hydrogen-bond donors (Lipinski definition) is 0. The lowest BCUT2D eigenvalue weighted by molar-refractivity contribution is 0.411. The second-order valence-corrected chi connectivity index (χ2v) is 5.66. The lowest BCUT2D eigenvalue weighted by atomic mass is 10.2. The predicted octanol–water partition coefficient (Wildman–Crippen LogP) is 3.83. The fraction of sp³-hybridized carbons (Fsp3) is 0.235.